The van der Waals surface area contributed by atoms with Crippen LogP contribution in [0.25, 0.3) is 0 Å². The molecule has 0 fully saturated rings. The number of methoxy groups -OCH3 is 1. The number of ether oxygens (including phenoxy) is 2. The zero-order valence-corrected chi connectivity index (χ0v) is 17.3. The van der Waals surface area contributed by atoms with Gasteiger partial charge >= 0.3 is 6.18 Å². The van der Waals surface area contributed by atoms with Gasteiger partial charge in [-0.05, 0) is 49.4 Å². The summed E-state index contributed by atoms with van der Waals surface area (Å²) in [5.41, 5.74) is 4.80. The molecule has 0 aliphatic carbocycles. The van der Waals surface area contributed by atoms with Crippen LogP contribution < -0.4 is 19.9 Å². The van der Waals surface area contributed by atoms with E-state index in [1.165, 1.54) is 43.5 Å². The second-order valence-corrected chi connectivity index (χ2v) is 8.31. The highest BCUT2D eigenvalue weighted by atomic mass is 32.2. The average molecular weight is 452 g/mol. The Morgan fingerprint density at radius 1 is 0.935 bits per heavy atom. The quantitative estimate of drug-likeness (QED) is 0.502. The predicted molar refractivity (Wildman–Crippen MR) is 111 cm³/mol. The Balaban J connectivity index is 2.01. The van der Waals surface area contributed by atoms with Crippen molar-refractivity contribution in [1.29, 1.82) is 0 Å². The highest BCUT2D eigenvalue weighted by Gasteiger charge is 2.36. The van der Waals surface area contributed by atoms with Gasteiger partial charge in [0, 0.05) is 6.07 Å². The van der Waals surface area contributed by atoms with Gasteiger partial charge in [0.2, 0.25) is 0 Å². The number of nitrogens with two attached hydrogens (primary N) is 1. The number of hydrogen-bond acceptors (Lipinski definition) is 5. The second-order valence-electron chi connectivity index (χ2n) is 6.63. The summed E-state index contributed by atoms with van der Waals surface area (Å²) in [5, 5.41) is 0. The van der Waals surface area contributed by atoms with Crippen molar-refractivity contribution >= 4 is 21.4 Å². The van der Waals surface area contributed by atoms with Crippen LogP contribution in [0, 0.1) is 6.92 Å². The molecule has 0 spiro atoms. The first-order valence-corrected chi connectivity index (χ1v) is 10.4. The molecular weight excluding hydrogens is 433 g/mol. The van der Waals surface area contributed by atoms with Crippen LogP contribution in [0.5, 0.6) is 17.2 Å². The van der Waals surface area contributed by atoms with Crippen LogP contribution in [0.2, 0.25) is 0 Å². The monoisotopic (exact) mass is 452 g/mol. The molecule has 3 N–H and O–H groups in total. The Hall–Kier alpha value is -3.40. The summed E-state index contributed by atoms with van der Waals surface area (Å²) >= 11 is 0. The maximum absolute atomic E-state index is 13.5. The van der Waals surface area contributed by atoms with Crippen molar-refractivity contribution in [2.24, 2.45) is 0 Å². The minimum atomic E-state index is -4.77. The van der Waals surface area contributed by atoms with Crippen molar-refractivity contribution in [3.63, 3.8) is 0 Å². The van der Waals surface area contributed by atoms with Gasteiger partial charge in [-0.1, -0.05) is 17.7 Å². The lowest BCUT2D eigenvalue weighted by Gasteiger charge is -2.18. The van der Waals surface area contributed by atoms with Gasteiger partial charge in [-0.2, -0.15) is 13.2 Å². The SMILES string of the molecule is COc1ccc(Oc2cc(NS(=O)(=O)c3ccc(C)cc3)c(N)cc2C(F)(F)F)cc1. The first-order valence-electron chi connectivity index (χ1n) is 8.92. The van der Waals surface area contributed by atoms with E-state index in [2.05, 4.69) is 4.72 Å². The fraction of sp³-hybridized carbons (Fsp3) is 0.143. The van der Waals surface area contributed by atoms with Gasteiger partial charge in [-0.3, -0.25) is 4.72 Å². The number of sulfonamides is 1. The smallest absolute Gasteiger partial charge is 0.420 e. The topological polar surface area (TPSA) is 90.6 Å². The molecule has 10 heteroatoms. The molecule has 3 rings (SSSR count). The molecule has 6 nitrogen and oxygen atoms in total. The summed E-state index contributed by atoms with van der Waals surface area (Å²) in [5.74, 6) is -0.0101. The van der Waals surface area contributed by atoms with E-state index in [1.54, 1.807) is 19.1 Å². The molecule has 164 valence electrons. The molecule has 0 amide bonds. The van der Waals surface area contributed by atoms with Gasteiger partial charge in [0.15, 0.2) is 0 Å². The highest BCUT2D eigenvalue weighted by molar-refractivity contribution is 7.92. The number of nitrogen functional groups attached to an aromatic ring is 1. The lowest BCUT2D eigenvalue weighted by atomic mass is 10.1. The van der Waals surface area contributed by atoms with Crippen LogP contribution in [-0.2, 0) is 16.2 Å². The maximum atomic E-state index is 13.5. The Kier molecular flexibility index (Phi) is 6.03. The minimum Gasteiger partial charge on any atom is -0.497 e. The Morgan fingerprint density at radius 2 is 1.52 bits per heavy atom. The number of hydrogen-bond donors (Lipinski definition) is 2. The molecule has 3 aromatic carbocycles. The van der Waals surface area contributed by atoms with Crippen molar-refractivity contribution in [1.82, 2.24) is 0 Å². The zero-order chi connectivity index (χ0) is 22.8. The van der Waals surface area contributed by atoms with Crippen LogP contribution in [0.15, 0.2) is 65.6 Å². The summed E-state index contributed by atoms with van der Waals surface area (Å²) < 4.78 is 78.5. The average Bonchev–Trinajstić information content (AvgIpc) is 2.70. The molecule has 0 saturated carbocycles. The van der Waals surface area contributed by atoms with E-state index in [-0.39, 0.29) is 16.3 Å². The van der Waals surface area contributed by atoms with E-state index in [4.69, 9.17) is 15.2 Å². The van der Waals surface area contributed by atoms with Gasteiger partial charge < -0.3 is 15.2 Å². The van der Waals surface area contributed by atoms with Crippen molar-refractivity contribution in [2.75, 3.05) is 17.6 Å². The van der Waals surface area contributed by atoms with Crippen LogP contribution >= 0.6 is 0 Å². The van der Waals surface area contributed by atoms with E-state index >= 15 is 0 Å². The molecule has 0 unspecified atom stereocenters. The molecule has 0 saturated heterocycles. The molecule has 0 aliphatic heterocycles. The Labute approximate surface area is 177 Å². The molecule has 0 heterocycles. The molecule has 0 atom stereocenters. The number of aryl methyl sites for hydroxylation is 1. The second kappa shape index (κ2) is 8.38. The number of benzene rings is 3. The molecule has 0 bridgehead atoms. The van der Waals surface area contributed by atoms with Crippen LogP contribution in [0.1, 0.15) is 11.1 Å². The largest absolute Gasteiger partial charge is 0.497 e. The van der Waals surface area contributed by atoms with Gasteiger partial charge in [-0.15, -0.1) is 0 Å². The van der Waals surface area contributed by atoms with Gasteiger partial charge in [0.05, 0.1) is 23.4 Å². The minimum absolute atomic E-state index is 0.0602. The molecule has 0 aromatic heterocycles. The van der Waals surface area contributed by atoms with E-state index in [0.29, 0.717) is 11.8 Å². The third-order valence-electron chi connectivity index (χ3n) is 4.32. The zero-order valence-electron chi connectivity index (χ0n) is 16.5. The molecular formula is C21H19F3N2O4S. The van der Waals surface area contributed by atoms with Gasteiger partial charge in [-0.25, -0.2) is 8.42 Å². The number of rotatable bonds is 6. The van der Waals surface area contributed by atoms with Gasteiger partial charge in [0.1, 0.15) is 22.8 Å². The maximum Gasteiger partial charge on any atom is 0.420 e. The van der Waals surface area contributed by atoms with Gasteiger partial charge in [0.25, 0.3) is 10.0 Å². The standard InChI is InChI=1S/C21H19F3N2O4S/c1-13-3-9-16(10-4-13)31(27,28)26-19-12-20(17(11-18(19)25)21(22,23)24)30-15-7-5-14(29-2)6-8-15/h3-12,26H,25H2,1-2H3. The van der Waals surface area contributed by atoms with Crippen molar-refractivity contribution in [2.45, 2.75) is 18.0 Å². The van der Waals surface area contributed by atoms with E-state index < -0.39 is 33.2 Å². The Morgan fingerprint density at radius 3 is 2.06 bits per heavy atom. The normalized spacial score (nSPS) is 11.8. The predicted octanol–water partition coefficient (Wildman–Crippen LogP) is 5.20. The van der Waals surface area contributed by atoms with Crippen LogP contribution in [0.3, 0.4) is 0 Å². The fourth-order valence-corrected chi connectivity index (χ4v) is 3.76. The summed E-state index contributed by atoms with van der Waals surface area (Å²) in [4.78, 5) is -0.0602. The highest BCUT2D eigenvalue weighted by Crippen LogP contribution is 2.42. The summed E-state index contributed by atoms with van der Waals surface area (Å²) in [6.07, 6.45) is -4.77. The van der Waals surface area contributed by atoms with E-state index in [9.17, 15) is 21.6 Å². The fourth-order valence-electron chi connectivity index (χ4n) is 2.68. The lowest BCUT2D eigenvalue weighted by molar-refractivity contribution is -0.138. The third-order valence-corrected chi connectivity index (χ3v) is 5.70. The molecule has 31 heavy (non-hydrogen) atoms. The molecule has 0 aliphatic rings. The lowest BCUT2D eigenvalue weighted by Crippen LogP contribution is -2.15. The number of anilines is 2. The van der Waals surface area contributed by atoms with E-state index in [0.717, 1.165) is 11.6 Å². The van der Waals surface area contributed by atoms with Crippen molar-refractivity contribution in [3.8, 4) is 17.2 Å². The number of nitrogens with one attached hydrogen (secondary N) is 1. The van der Waals surface area contributed by atoms with Crippen LogP contribution in [-0.4, -0.2) is 15.5 Å². The summed E-state index contributed by atoms with van der Waals surface area (Å²) in [6, 6.07) is 13.4. The van der Waals surface area contributed by atoms with E-state index in [1.807, 2.05) is 0 Å². The number of halogens is 3. The molecule has 0 radical (unpaired) electrons. The third kappa shape index (κ3) is 5.21. The van der Waals surface area contributed by atoms with Crippen molar-refractivity contribution in [3.05, 3.63) is 71.8 Å². The van der Waals surface area contributed by atoms with Crippen LogP contribution in [0.4, 0.5) is 24.5 Å². The van der Waals surface area contributed by atoms with Crippen molar-refractivity contribution < 1.29 is 31.1 Å². The summed E-state index contributed by atoms with van der Waals surface area (Å²) in [7, 11) is -2.63. The first kappa shape index (κ1) is 22.3. The Bertz CT molecular complexity index is 1180. The number of alkyl halides is 3. The summed E-state index contributed by atoms with van der Waals surface area (Å²) in [6.45, 7) is 1.79. The first-order chi connectivity index (χ1) is 14.5. The molecule has 3 aromatic rings.